The Bertz CT molecular complexity index is 750. The zero-order valence-corrected chi connectivity index (χ0v) is 14.5. The van der Waals surface area contributed by atoms with Crippen LogP contribution in [0, 0.1) is 0 Å². The number of thiocarbonyl (C=S) groups is 1. The highest BCUT2D eigenvalue weighted by Crippen LogP contribution is 2.31. The van der Waals surface area contributed by atoms with E-state index in [4.69, 9.17) is 12.2 Å². The van der Waals surface area contributed by atoms with E-state index in [1.807, 2.05) is 60.7 Å². The number of anilines is 1. The van der Waals surface area contributed by atoms with Gasteiger partial charge in [0, 0.05) is 12.1 Å². The number of para-hydroxylation sites is 1. The molecule has 6 heteroatoms. The summed E-state index contributed by atoms with van der Waals surface area (Å²) >= 11 is 6.60. The van der Waals surface area contributed by atoms with Crippen LogP contribution in [-0.4, -0.2) is 26.3 Å². The number of nitrogens with zero attached hydrogens (tertiary/aromatic N) is 1. The molecule has 0 bridgehead atoms. The van der Waals surface area contributed by atoms with Crippen LogP contribution in [0.1, 0.15) is 12.0 Å². The lowest BCUT2D eigenvalue weighted by molar-refractivity contribution is -0.128. The van der Waals surface area contributed by atoms with Gasteiger partial charge in [0.05, 0.1) is 11.8 Å². The average molecular weight is 356 g/mol. The lowest BCUT2D eigenvalue weighted by Crippen LogP contribution is -2.32. The monoisotopic (exact) mass is 356 g/mol. The first-order valence-electron chi connectivity index (χ1n) is 7.54. The fourth-order valence-electron chi connectivity index (χ4n) is 2.44. The van der Waals surface area contributed by atoms with Crippen molar-refractivity contribution in [2.75, 3.05) is 5.32 Å². The van der Waals surface area contributed by atoms with E-state index < -0.39 is 5.25 Å². The van der Waals surface area contributed by atoms with Crippen LogP contribution >= 0.6 is 24.0 Å². The summed E-state index contributed by atoms with van der Waals surface area (Å²) in [7, 11) is 0. The maximum absolute atomic E-state index is 12.5. The second-order valence-electron chi connectivity index (χ2n) is 5.40. The number of hydrogen-bond acceptors (Lipinski definition) is 4. The van der Waals surface area contributed by atoms with E-state index >= 15 is 0 Å². The van der Waals surface area contributed by atoms with E-state index in [-0.39, 0.29) is 18.2 Å². The second kappa shape index (κ2) is 7.59. The van der Waals surface area contributed by atoms with E-state index in [9.17, 15) is 9.59 Å². The molecular weight excluding hydrogens is 340 g/mol. The van der Waals surface area contributed by atoms with Crippen molar-refractivity contribution >= 4 is 45.8 Å². The van der Waals surface area contributed by atoms with Gasteiger partial charge in [-0.1, -0.05) is 72.5 Å². The van der Waals surface area contributed by atoms with Gasteiger partial charge < -0.3 is 5.32 Å². The van der Waals surface area contributed by atoms with Gasteiger partial charge >= 0.3 is 0 Å². The smallest absolute Gasteiger partial charge is 0.242 e. The Balaban J connectivity index is 1.60. The molecule has 2 aromatic carbocycles. The SMILES string of the molecule is O=C(C[C@@H]1SC(=S)N(Cc2ccccc2)C1=O)Nc1ccccc1. The molecule has 2 amide bonds. The van der Waals surface area contributed by atoms with Crippen molar-refractivity contribution in [1.29, 1.82) is 0 Å². The van der Waals surface area contributed by atoms with Crippen molar-refractivity contribution in [1.82, 2.24) is 4.90 Å². The van der Waals surface area contributed by atoms with E-state index in [0.29, 0.717) is 10.9 Å². The molecule has 1 N–H and O–H groups in total. The van der Waals surface area contributed by atoms with Crippen molar-refractivity contribution in [3.63, 3.8) is 0 Å². The quantitative estimate of drug-likeness (QED) is 0.834. The van der Waals surface area contributed by atoms with Gasteiger partial charge in [0.25, 0.3) is 0 Å². The summed E-state index contributed by atoms with van der Waals surface area (Å²) in [5, 5.41) is 2.35. The Morgan fingerprint density at radius 2 is 1.71 bits per heavy atom. The van der Waals surface area contributed by atoms with Crippen LogP contribution in [0.25, 0.3) is 0 Å². The molecule has 24 heavy (non-hydrogen) atoms. The highest BCUT2D eigenvalue weighted by Gasteiger charge is 2.37. The maximum atomic E-state index is 12.5. The van der Waals surface area contributed by atoms with E-state index in [0.717, 1.165) is 11.3 Å². The highest BCUT2D eigenvalue weighted by atomic mass is 32.2. The van der Waals surface area contributed by atoms with Crippen molar-refractivity contribution < 1.29 is 9.59 Å². The number of carbonyl (C=O) groups excluding carboxylic acids is 2. The number of nitrogens with one attached hydrogen (secondary N) is 1. The summed E-state index contributed by atoms with van der Waals surface area (Å²) < 4.78 is 0.529. The fourth-order valence-corrected chi connectivity index (χ4v) is 3.93. The van der Waals surface area contributed by atoms with Crippen LogP contribution in [0.15, 0.2) is 60.7 Å². The van der Waals surface area contributed by atoms with Gasteiger partial charge in [0.2, 0.25) is 11.8 Å². The van der Waals surface area contributed by atoms with Crippen molar-refractivity contribution in [3.8, 4) is 0 Å². The molecule has 2 aromatic rings. The third-order valence-corrected chi connectivity index (χ3v) is 5.20. The van der Waals surface area contributed by atoms with Gasteiger partial charge in [0.1, 0.15) is 4.32 Å². The van der Waals surface area contributed by atoms with Gasteiger partial charge in [-0.15, -0.1) is 0 Å². The van der Waals surface area contributed by atoms with E-state index in [2.05, 4.69) is 5.32 Å². The molecule has 1 aliphatic heterocycles. The van der Waals surface area contributed by atoms with Crippen molar-refractivity contribution in [2.24, 2.45) is 0 Å². The zero-order chi connectivity index (χ0) is 16.9. The molecule has 1 aliphatic rings. The Labute approximate surface area is 150 Å². The third kappa shape index (κ3) is 4.01. The Hall–Kier alpha value is -2.18. The molecule has 4 nitrogen and oxygen atoms in total. The van der Waals surface area contributed by atoms with Gasteiger partial charge in [-0.05, 0) is 17.7 Å². The van der Waals surface area contributed by atoms with Gasteiger partial charge in [-0.2, -0.15) is 0 Å². The number of hydrogen-bond donors (Lipinski definition) is 1. The maximum Gasteiger partial charge on any atom is 0.242 e. The first kappa shape index (κ1) is 16.7. The Morgan fingerprint density at radius 1 is 1.08 bits per heavy atom. The normalized spacial score (nSPS) is 17.2. The molecule has 1 heterocycles. The van der Waals surface area contributed by atoms with Gasteiger partial charge in [0.15, 0.2) is 0 Å². The lowest BCUT2D eigenvalue weighted by Gasteiger charge is -2.15. The minimum Gasteiger partial charge on any atom is -0.326 e. The van der Waals surface area contributed by atoms with Crippen LogP contribution in [0.3, 0.4) is 0 Å². The number of carbonyl (C=O) groups is 2. The highest BCUT2D eigenvalue weighted by molar-refractivity contribution is 8.24. The predicted molar refractivity (Wildman–Crippen MR) is 101 cm³/mol. The van der Waals surface area contributed by atoms with Gasteiger partial charge in [-0.3, -0.25) is 14.5 Å². The fraction of sp³-hybridized carbons (Fsp3) is 0.167. The number of benzene rings is 2. The lowest BCUT2D eigenvalue weighted by atomic mass is 10.2. The molecule has 0 unspecified atom stereocenters. The number of thioether (sulfide) groups is 1. The zero-order valence-electron chi connectivity index (χ0n) is 12.8. The summed E-state index contributed by atoms with van der Waals surface area (Å²) in [6.45, 7) is 0.447. The molecule has 0 aromatic heterocycles. The molecular formula is C18H16N2O2S2. The standard InChI is InChI=1S/C18H16N2O2S2/c21-16(19-14-9-5-2-6-10-14)11-15-17(22)20(18(23)24-15)12-13-7-3-1-4-8-13/h1-10,15H,11-12H2,(H,19,21)/t15-/m0/s1. The molecule has 0 aliphatic carbocycles. The van der Waals surface area contributed by atoms with Crippen LogP contribution in [0.5, 0.6) is 0 Å². The predicted octanol–water partition coefficient (Wildman–Crippen LogP) is 3.44. The third-order valence-electron chi connectivity index (χ3n) is 3.62. The molecule has 3 rings (SSSR count). The van der Waals surface area contributed by atoms with Crippen LogP contribution in [-0.2, 0) is 16.1 Å². The first-order valence-corrected chi connectivity index (χ1v) is 8.83. The summed E-state index contributed by atoms with van der Waals surface area (Å²) in [5.74, 6) is -0.284. The Morgan fingerprint density at radius 3 is 2.38 bits per heavy atom. The van der Waals surface area contributed by atoms with Crippen LogP contribution in [0.2, 0.25) is 0 Å². The summed E-state index contributed by atoms with van der Waals surface area (Å²) in [6.07, 6.45) is 0.115. The average Bonchev–Trinajstić information content (AvgIpc) is 2.84. The first-order chi connectivity index (χ1) is 11.6. The molecule has 122 valence electrons. The molecule has 1 saturated heterocycles. The van der Waals surface area contributed by atoms with Crippen molar-refractivity contribution in [2.45, 2.75) is 18.2 Å². The van der Waals surface area contributed by atoms with Crippen LogP contribution < -0.4 is 5.32 Å². The minimum atomic E-state index is -0.454. The molecule has 1 atom stereocenters. The van der Waals surface area contributed by atoms with Gasteiger partial charge in [-0.25, -0.2) is 0 Å². The molecule has 0 spiro atoms. The van der Waals surface area contributed by atoms with Crippen LogP contribution in [0.4, 0.5) is 5.69 Å². The minimum absolute atomic E-state index is 0.0999. The number of amides is 2. The second-order valence-corrected chi connectivity index (χ2v) is 7.24. The summed E-state index contributed by atoms with van der Waals surface area (Å²) in [4.78, 5) is 26.3. The largest absolute Gasteiger partial charge is 0.326 e. The summed E-state index contributed by atoms with van der Waals surface area (Å²) in [5.41, 5.74) is 1.74. The number of rotatable bonds is 5. The topological polar surface area (TPSA) is 49.4 Å². The Kier molecular flexibility index (Phi) is 5.27. The molecule has 1 fully saturated rings. The van der Waals surface area contributed by atoms with Crippen molar-refractivity contribution in [3.05, 3.63) is 66.2 Å². The molecule has 0 saturated carbocycles. The summed E-state index contributed by atoms with van der Waals surface area (Å²) in [6, 6.07) is 18.9. The van der Waals surface area contributed by atoms with E-state index in [1.54, 1.807) is 4.90 Å². The van der Waals surface area contributed by atoms with E-state index in [1.165, 1.54) is 11.8 Å². The molecule has 0 radical (unpaired) electrons.